The third-order valence-electron chi connectivity index (χ3n) is 2.19. The lowest BCUT2D eigenvalue weighted by atomic mass is 10.0. The van der Waals surface area contributed by atoms with Crippen molar-refractivity contribution in [3.05, 3.63) is 28.8 Å². The van der Waals surface area contributed by atoms with Gasteiger partial charge >= 0.3 is 12.6 Å². The van der Waals surface area contributed by atoms with Crippen LogP contribution in [0.1, 0.15) is 28.4 Å². The second-order valence-corrected chi connectivity index (χ2v) is 3.59. The molecule has 7 heteroatoms. The van der Waals surface area contributed by atoms with E-state index in [-0.39, 0.29) is 29.2 Å². The van der Waals surface area contributed by atoms with Crippen LogP contribution in [0, 0.1) is 11.3 Å². The van der Waals surface area contributed by atoms with Gasteiger partial charge in [-0.25, -0.2) is 4.79 Å². The second kappa shape index (κ2) is 6.90. The van der Waals surface area contributed by atoms with E-state index in [2.05, 4.69) is 4.74 Å². The van der Waals surface area contributed by atoms with Gasteiger partial charge in [0.2, 0.25) is 0 Å². The summed E-state index contributed by atoms with van der Waals surface area (Å²) >= 11 is 5.60. The molecule has 0 saturated heterocycles. The summed E-state index contributed by atoms with van der Waals surface area (Å²) in [6.45, 7) is -1.53. The molecule has 102 valence electrons. The maximum atomic E-state index is 12.4. The number of esters is 1. The summed E-state index contributed by atoms with van der Waals surface area (Å²) in [4.78, 5) is 11.8. The van der Waals surface area contributed by atoms with E-state index in [0.29, 0.717) is 0 Å². The molecule has 1 aromatic rings. The van der Waals surface area contributed by atoms with Crippen LogP contribution in [0.2, 0.25) is 0 Å². The first-order valence-corrected chi connectivity index (χ1v) is 5.82. The van der Waals surface area contributed by atoms with Gasteiger partial charge in [0.15, 0.2) is 0 Å². The van der Waals surface area contributed by atoms with Gasteiger partial charge in [-0.3, -0.25) is 0 Å². The topological polar surface area (TPSA) is 59.3 Å². The minimum atomic E-state index is -3.14. The lowest BCUT2D eigenvalue weighted by Crippen LogP contribution is -2.14. The number of hydrogen-bond acceptors (Lipinski definition) is 4. The van der Waals surface area contributed by atoms with Crippen LogP contribution < -0.4 is 4.74 Å². The van der Waals surface area contributed by atoms with E-state index < -0.39 is 18.3 Å². The summed E-state index contributed by atoms with van der Waals surface area (Å²) < 4.78 is 33.8. The van der Waals surface area contributed by atoms with Gasteiger partial charge in [-0.2, -0.15) is 14.0 Å². The Labute approximate surface area is 113 Å². The van der Waals surface area contributed by atoms with E-state index in [9.17, 15) is 13.6 Å². The molecule has 0 heterocycles. The second-order valence-electron chi connectivity index (χ2n) is 3.32. The number of rotatable bonds is 5. The summed E-state index contributed by atoms with van der Waals surface area (Å²) in [5.41, 5.74) is -0.255. The van der Waals surface area contributed by atoms with Crippen LogP contribution in [0.4, 0.5) is 8.78 Å². The third-order valence-corrected chi connectivity index (χ3v) is 2.48. The highest BCUT2D eigenvalue weighted by molar-refractivity contribution is 6.17. The highest BCUT2D eigenvalue weighted by Gasteiger charge is 2.24. The highest BCUT2D eigenvalue weighted by Crippen LogP contribution is 2.30. The highest BCUT2D eigenvalue weighted by atomic mass is 35.5. The lowest BCUT2D eigenvalue weighted by Gasteiger charge is -2.14. The summed E-state index contributed by atoms with van der Waals surface area (Å²) in [6, 6.07) is 4.39. The quantitative estimate of drug-likeness (QED) is 0.617. The third kappa shape index (κ3) is 3.55. The largest absolute Gasteiger partial charge is 0.462 e. The van der Waals surface area contributed by atoms with Gasteiger partial charge in [0.1, 0.15) is 17.4 Å². The van der Waals surface area contributed by atoms with E-state index in [0.717, 1.165) is 0 Å². The van der Waals surface area contributed by atoms with Gasteiger partial charge < -0.3 is 9.47 Å². The summed E-state index contributed by atoms with van der Waals surface area (Å²) in [6.07, 6.45) is 0. The predicted molar refractivity (Wildman–Crippen MR) is 63.3 cm³/mol. The van der Waals surface area contributed by atoms with E-state index in [1.165, 1.54) is 12.1 Å². The number of hydrogen-bond donors (Lipinski definition) is 0. The fraction of sp³-hybridized carbons (Fsp3) is 0.333. The van der Waals surface area contributed by atoms with E-state index in [1.54, 1.807) is 13.0 Å². The Kier molecular flexibility index (Phi) is 5.52. The Bertz CT molecular complexity index is 514. The molecule has 0 bridgehead atoms. The van der Waals surface area contributed by atoms with Crippen LogP contribution >= 0.6 is 11.6 Å². The van der Waals surface area contributed by atoms with Crippen molar-refractivity contribution >= 4 is 17.6 Å². The molecule has 0 aromatic heterocycles. The standard InChI is InChI=1S/C12H10ClF2NO3/c1-2-18-11(17)9-8(6-16)4-3-7(5-13)10(9)19-12(14)15/h3-4,12H,2,5H2,1H3. The normalized spacial score (nSPS) is 10.1. The molecule has 0 amide bonds. The number of nitrogens with zero attached hydrogens (tertiary/aromatic N) is 1. The Morgan fingerprint density at radius 3 is 2.68 bits per heavy atom. The van der Waals surface area contributed by atoms with Crippen LogP contribution in [0.5, 0.6) is 5.75 Å². The van der Waals surface area contributed by atoms with Crippen molar-refractivity contribution in [3.63, 3.8) is 0 Å². The first-order valence-electron chi connectivity index (χ1n) is 5.29. The molecule has 0 fully saturated rings. The molecule has 1 rings (SSSR count). The lowest BCUT2D eigenvalue weighted by molar-refractivity contribution is -0.0509. The zero-order valence-corrected chi connectivity index (χ0v) is 10.7. The molecular formula is C12H10ClF2NO3. The fourth-order valence-electron chi connectivity index (χ4n) is 1.45. The van der Waals surface area contributed by atoms with Gasteiger partial charge in [-0.15, -0.1) is 11.6 Å². The smallest absolute Gasteiger partial charge is 0.387 e. The van der Waals surface area contributed by atoms with Crippen LogP contribution in [0.15, 0.2) is 12.1 Å². The molecule has 0 spiro atoms. The summed E-state index contributed by atoms with van der Waals surface area (Å²) in [5.74, 6) is -1.45. The van der Waals surface area contributed by atoms with Crippen molar-refractivity contribution in [2.45, 2.75) is 19.4 Å². The molecular weight excluding hydrogens is 280 g/mol. The number of carbonyl (C=O) groups is 1. The van der Waals surface area contributed by atoms with E-state index >= 15 is 0 Å². The van der Waals surface area contributed by atoms with Crippen LogP contribution in [-0.2, 0) is 10.6 Å². The monoisotopic (exact) mass is 289 g/mol. The molecule has 0 aliphatic heterocycles. The Morgan fingerprint density at radius 1 is 1.53 bits per heavy atom. The zero-order chi connectivity index (χ0) is 14.4. The van der Waals surface area contributed by atoms with Crippen molar-refractivity contribution in [3.8, 4) is 11.8 Å². The Balaban J connectivity index is 3.43. The first-order chi connectivity index (χ1) is 9.04. The molecule has 0 aliphatic carbocycles. The zero-order valence-electron chi connectivity index (χ0n) is 9.95. The average Bonchev–Trinajstić information content (AvgIpc) is 2.37. The molecule has 0 aliphatic rings. The number of benzene rings is 1. The van der Waals surface area contributed by atoms with Crippen molar-refractivity contribution in [2.24, 2.45) is 0 Å². The molecule has 1 aromatic carbocycles. The number of alkyl halides is 3. The summed E-state index contributed by atoms with van der Waals surface area (Å²) in [5, 5.41) is 8.92. The fourth-order valence-corrected chi connectivity index (χ4v) is 1.66. The number of nitriles is 1. The number of ether oxygens (including phenoxy) is 2. The minimum Gasteiger partial charge on any atom is -0.462 e. The van der Waals surface area contributed by atoms with Crippen molar-refractivity contribution in [1.82, 2.24) is 0 Å². The number of carbonyl (C=O) groups excluding carboxylic acids is 1. The maximum Gasteiger partial charge on any atom is 0.387 e. The molecule has 0 atom stereocenters. The molecule has 0 unspecified atom stereocenters. The maximum absolute atomic E-state index is 12.4. The van der Waals surface area contributed by atoms with E-state index in [4.69, 9.17) is 21.6 Å². The first kappa shape index (κ1) is 15.2. The Hall–Kier alpha value is -1.87. The minimum absolute atomic E-state index is 0.0446. The van der Waals surface area contributed by atoms with Crippen LogP contribution in [0.3, 0.4) is 0 Å². The molecule has 4 nitrogen and oxygen atoms in total. The molecule has 19 heavy (non-hydrogen) atoms. The molecule has 0 N–H and O–H groups in total. The average molecular weight is 290 g/mol. The van der Waals surface area contributed by atoms with Gasteiger partial charge in [0.05, 0.1) is 18.1 Å². The SMILES string of the molecule is CCOC(=O)c1c(C#N)ccc(CCl)c1OC(F)F. The Morgan fingerprint density at radius 2 is 2.21 bits per heavy atom. The molecule has 0 saturated carbocycles. The summed E-state index contributed by atoms with van der Waals surface area (Å²) in [7, 11) is 0. The molecule has 0 radical (unpaired) electrons. The van der Waals surface area contributed by atoms with E-state index in [1.807, 2.05) is 0 Å². The number of halogens is 3. The van der Waals surface area contributed by atoms with Gasteiger partial charge in [0, 0.05) is 5.56 Å². The predicted octanol–water partition coefficient (Wildman–Crippen LogP) is 3.08. The van der Waals surface area contributed by atoms with Gasteiger partial charge in [-0.05, 0) is 13.0 Å². The van der Waals surface area contributed by atoms with Crippen LogP contribution in [-0.4, -0.2) is 19.2 Å². The van der Waals surface area contributed by atoms with Crippen molar-refractivity contribution in [1.29, 1.82) is 5.26 Å². The van der Waals surface area contributed by atoms with Crippen molar-refractivity contribution < 1.29 is 23.0 Å². The van der Waals surface area contributed by atoms with Crippen molar-refractivity contribution in [2.75, 3.05) is 6.61 Å². The van der Waals surface area contributed by atoms with Gasteiger partial charge in [0.25, 0.3) is 0 Å². The van der Waals surface area contributed by atoms with Gasteiger partial charge in [-0.1, -0.05) is 6.07 Å². The van der Waals surface area contributed by atoms with Crippen LogP contribution in [0.25, 0.3) is 0 Å².